The minimum absolute atomic E-state index is 0. The minimum atomic E-state index is -0.916. The lowest BCUT2D eigenvalue weighted by Crippen LogP contribution is -2.13. The zero-order valence-electron chi connectivity index (χ0n) is 16.1. The second-order valence-electron chi connectivity index (χ2n) is 6.37. The topological polar surface area (TPSA) is 67.8 Å². The van der Waals surface area contributed by atoms with Gasteiger partial charge in [-0.05, 0) is 41.0 Å². The van der Waals surface area contributed by atoms with Crippen LogP contribution in [-0.2, 0) is 19.7 Å². The van der Waals surface area contributed by atoms with Crippen molar-refractivity contribution in [2.75, 3.05) is 7.11 Å². The van der Waals surface area contributed by atoms with E-state index in [0.29, 0.717) is 36.8 Å². The smallest absolute Gasteiger partial charge is 0.335 e. The molecule has 0 aliphatic rings. The molecule has 0 unspecified atom stereocenters. The number of hydrogen-bond donors (Lipinski definition) is 2. The number of rotatable bonds is 9. The van der Waals surface area contributed by atoms with Crippen molar-refractivity contribution < 1.29 is 19.4 Å². The summed E-state index contributed by atoms with van der Waals surface area (Å²) in [6, 6.07) is 22.7. The van der Waals surface area contributed by atoms with Crippen molar-refractivity contribution in [2.45, 2.75) is 19.7 Å². The quantitative estimate of drug-likeness (QED) is 0.533. The van der Waals surface area contributed by atoms with Crippen molar-refractivity contribution in [1.29, 1.82) is 0 Å². The molecule has 152 valence electrons. The molecular formula is C23H24ClNO4. The lowest BCUT2D eigenvalue weighted by Gasteiger charge is -2.13. The molecule has 0 heterocycles. The Kier molecular flexibility index (Phi) is 8.52. The maximum absolute atomic E-state index is 10.9. The van der Waals surface area contributed by atoms with E-state index < -0.39 is 5.97 Å². The molecule has 0 saturated carbocycles. The largest absolute Gasteiger partial charge is 0.493 e. The number of carboxylic acid groups (broad SMARTS) is 1. The molecule has 2 N–H and O–H groups in total. The molecular weight excluding hydrogens is 390 g/mol. The SMILES string of the molecule is COc1cc(CNCc2ccc(C(=O)O)cc2)ccc1OCc1ccccc1.Cl. The van der Waals surface area contributed by atoms with Crippen LogP contribution in [0.3, 0.4) is 0 Å². The second kappa shape index (κ2) is 11.1. The second-order valence-corrected chi connectivity index (χ2v) is 6.37. The van der Waals surface area contributed by atoms with Crippen molar-refractivity contribution in [3.63, 3.8) is 0 Å². The maximum atomic E-state index is 10.9. The molecule has 0 aliphatic heterocycles. The van der Waals surface area contributed by atoms with Gasteiger partial charge in [0.2, 0.25) is 0 Å². The Bertz CT molecular complexity index is 914. The number of halogens is 1. The Morgan fingerprint density at radius 2 is 1.52 bits per heavy atom. The van der Waals surface area contributed by atoms with Gasteiger partial charge >= 0.3 is 5.97 Å². The molecule has 0 saturated heterocycles. The van der Waals surface area contributed by atoms with Gasteiger partial charge in [-0.3, -0.25) is 0 Å². The van der Waals surface area contributed by atoms with Crippen molar-refractivity contribution in [3.05, 3.63) is 95.1 Å². The normalized spacial score (nSPS) is 10.1. The number of benzene rings is 3. The third kappa shape index (κ3) is 6.52. The van der Waals surface area contributed by atoms with E-state index in [2.05, 4.69) is 5.32 Å². The number of methoxy groups -OCH3 is 1. The van der Waals surface area contributed by atoms with E-state index in [0.717, 1.165) is 16.7 Å². The van der Waals surface area contributed by atoms with Gasteiger partial charge in [-0.2, -0.15) is 0 Å². The fourth-order valence-corrected chi connectivity index (χ4v) is 2.79. The van der Waals surface area contributed by atoms with Crippen molar-refractivity contribution >= 4 is 18.4 Å². The van der Waals surface area contributed by atoms with Gasteiger partial charge in [0.05, 0.1) is 12.7 Å². The molecule has 0 spiro atoms. The first-order chi connectivity index (χ1) is 13.7. The van der Waals surface area contributed by atoms with Gasteiger partial charge in [0.25, 0.3) is 0 Å². The van der Waals surface area contributed by atoms with E-state index in [-0.39, 0.29) is 12.4 Å². The molecule has 29 heavy (non-hydrogen) atoms. The number of ether oxygens (including phenoxy) is 2. The lowest BCUT2D eigenvalue weighted by molar-refractivity contribution is 0.0697. The molecule has 0 aromatic heterocycles. The summed E-state index contributed by atoms with van der Waals surface area (Å²) in [5.41, 5.74) is 3.50. The Labute approximate surface area is 176 Å². The fraction of sp³-hybridized carbons (Fsp3) is 0.174. The van der Waals surface area contributed by atoms with Crippen molar-refractivity contribution in [1.82, 2.24) is 5.32 Å². The summed E-state index contributed by atoms with van der Waals surface area (Å²) in [4.78, 5) is 10.9. The summed E-state index contributed by atoms with van der Waals surface area (Å²) in [7, 11) is 1.63. The van der Waals surface area contributed by atoms with E-state index in [1.54, 1.807) is 19.2 Å². The summed E-state index contributed by atoms with van der Waals surface area (Å²) >= 11 is 0. The first kappa shape index (κ1) is 22.3. The predicted octanol–water partition coefficient (Wildman–Crippen LogP) is 4.68. The highest BCUT2D eigenvalue weighted by Crippen LogP contribution is 2.28. The van der Waals surface area contributed by atoms with E-state index in [1.165, 1.54) is 0 Å². The van der Waals surface area contributed by atoms with Crippen LogP contribution in [0.4, 0.5) is 0 Å². The molecule has 3 rings (SSSR count). The number of nitrogens with one attached hydrogen (secondary N) is 1. The van der Waals surface area contributed by atoms with Crippen LogP contribution in [-0.4, -0.2) is 18.2 Å². The highest BCUT2D eigenvalue weighted by Gasteiger charge is 2.07. The van der Waals surface area contributed by atoms with Crippen LogP contribution in [0.2, 0.25) is 0 Å². The summed E-state index contributed by atoms with van der Waals surface area (Å²) < 4.78 is 11.3. The Balaban J connectivity index is 0.00000300. The number of carboxylic acids is 1. The Hall–Kier alpha value is -3.02. The van der Waals surface area contributed by atoms with Crippen molar-refractivity contribution in [3.8, 4) is 11.5 Å². The van der Waals surface area contributed by atoms with Crippen LogP contribution in [0, 0.1) is 0 Å². The predicted molar refractivity (Wildman–Crippen MR) is 115 cm³/mol. The third-order valence-electron chi connectivity index (χ3n) is 4.32. The molecule has 5 nitrogen and oxygen atoms in total. The summed E-state index contributed by atoms with van der Waals surface area (Å²) in [5, 5.41) is 12.3. The van der Waals surface area contributed by atoms with Gasteiger partial charge in [0, 0.05) is 13.1 Å². The fourth-order valence-electron chi connectivity index (χ4n) is 2.79. The molecule has 0 aliphatic carbocycles. The van der Waals surface area contributed by atoms with Gasteiger partial charge < -0.3 is 19.9 Å². The standard InChI is InChI=1S/C23H23NO4.ClH/c1-27-22-13-19(9-12-21(22)28-16-18-5-3-2-4-6-18)15-24-14-17-7-10-20(11-8-17)23(25)26;/h2-13,24H,14-16H2,1H3,(H,25,26);1H. The van der Waals surface area contributed by atoms with E-state index in [9.17, 15) is 4.79 Å². The Morgan fingerprint density at radius 1 is 0.862 bits per heavy atom. The molecule has 0 radical (unpaired) electrons. The van der Waals surface area contributed by atoms with Crippen LogP contribution >= 0.6 is 12.4 Å². The van der Waals surface area contributed by atoms with Crippen LogP contribution < -0.4 is 14.8 Å². The van der Waals surface area contributed by atoms with E-state index >= 15 is 0 Å². The van der Waals surface area contributed by atoms with Crippen molar-refractivity contribution in [2.24, 2.45) is 0 Å². The summed E-state index contributed by atoms with van der Waals surface area (Å²) in [6.45, 7) is 1.80. The molecule has 0 fully saturated rings. The zero-order chi connectivity index (χ0) is 19.8. The number of hydrogen-bond acceptors (Lipinski definition) is 4. The monoisotopic (exact) mass is 413 g/mol. The van der Waals surface area contributed by atoms with Crippen LogP contribution in [0.15, 0.2) is 72.8 Å². The number of carbonyl (C=O) groups is 1. The van der Waals surface area contributed by atoms with Gasteiger partial charge in [0.1, 0.15) is 6.61 Å². The first-order valence-corrected chi connectivity index (χ1v) is 9.02. The third-order valence-corrected chi connectivity index (χ3v) is 4.32. The molecule has 6 heteroatoms. The zero-order valence-corrected chi connectivity index (χ0v) is 16.9. The number of aromatic carboxylic acids is 1. The summed E-state index contributed by atoms with van der Waals surface area (Å²) in [6.07, 6.45) is 0. The van der Waals surface area contributed by atoms with Gasteiger partial charge in [-0.1, -0.05) is 48.5 Å². The molecule has 0 bridgehead atoms. The van der Waals surface area contributed by atoms with E-state index in [1.807, 2.05) is 60.7 Å². The molecule has 0 amide bonds. The van der Waals surface area contributed by atoms with Gasteiger partial charge in [-0.15, -0.1) is 12.4 Å². The van der Waals surface area contributed by atoms with Gasteiger partial charge in [-0.25, -0.2) is 4.79 Å². The van der Waals surface area contributed by atoms with Crippen LogP contribution in [0.1, 0.15) is 27.0 Å². The Morgan fingerprint density at radius 3 is 2.17 bits per heavy atom. The highest BCUT2D eigenvalue weighted by molar-refractivity contribution is 5.87. The lowest BCUT2D eigenvalue weighted by atomic mass is 10.1. The first-order valence-electron chi connectivity index (χ1n) is 9.02. The molecule has 3 aromatic carbocycles. The summed E-state index contributed by atoms with van der Waals surface area (Å²) in [5.74, 6) is 0.488. The molecule has 0 atom stereocenters. The van der Waals surface area contributed by atoms with E-state index in [4.69, 9.17) is 14.6 Å². The highest BCUT2D eigenvalue weighted by atomic mass is 35.5. The maximum Gasteiger partial charge on any atom is 0.335 e. The van der Waals surface area contributed by atoms with Crippen LogP contribution in [0.25, 0.3) is 0 Å². The minimum Gasteiger partial charge on any atom is -0.493 e. The average Bonchev–Trinajstić information content (AvgIpc) is 2.73. The average molecular weight is 414 g/mol. The molecule has 3 aromatic rings. The van der Waals surface area contributed by atoms with Crippen LogP contribution in [0.5, 0.6) is 11.5 Å². The van der Waals surface area contributed by atoms with Gasteiger partial charge in [0.15, 0.2) is 11.5 Å².